The Balaban J connectivity index is 1.14. The van der Waals surface area contributed by atoms with Crippen LogP contribution in [-0.2, 0) is 4.79 Å². The van der Waals surface area contributed by atoms with E-state index in [9.17, 15) is 4.79 Å². The zero-order chi connectivity index (χ0) is 33.7. The highest BCUT2D eigenvalue weighted by atomic mass is 35.5. The van der Waals surface area contributed by atoms with E-state index in [0.29, 0.717) is 53.7 Å². The third kappa shape index (κ3) is 5.76. The van der Waals surface area contributed by atoms with Crippen LogP contribution < -0.4 is 9.64 Å². The Bertz CT molecular complexity index is 2090. The molecule has 6 heterocycles. The van der Waals surface area contributed by atoms with Gasteiger partial charge in [-0.1, -0.05) is 47.1 Å². The predicted octanol–water partition coefficient (Wildman–Crippen LogP) is 6.09. The number of anilines is 1. The number of carbonyl (C=O) groups excluding carboxylic acids is 1. The molecule has 1 amide bonds. The third-order valence-corrected chi connectivity index (χ3v) is 10.6. The van der Waals surface area contributed by atoms with Gasteiger partial charge in [-0.25, -0.2) is 4.39 Å². The molecule has 3 aliphatic heterocycles. The first kappa shape index (κ1) is 31.6. The largest absolute Gasteiger partial charge is 0.461 e. The van der Waals surface area contributed by atoms with Gasteiger partial charge < -0.3 is 19.1 Å². The number of aryl methyl sites for hydroxylation is 1. The number of fused-ring (bicyclic) bond motifs is 3. The fourth-order valence-electron chi connectivity index (χ4n) is 7.76. The maximum atomic E-state index is 16.8. The van der Waals surface area contributed by atoms with E-state index in [0.717, 1.165) is 49.5 Å². The number of ether oxygens (including phenoxy) is 1. The summed E-state index contributed by atoms with van der Waals surface area (Å²) in [6, 6.07) is 11.3. The molecular weight excluding hydrogens is 647 g/mol. The molecule has 1 atom stereocenters. The number of likely N-dealkylation sites (tertiary alicyclic amines) is 1. The van der Waals surface area contributed by atoms with Crippen LogP contribution in [0.2, 0.25) is 5.02 Å². The van der Waals surface area contributed by atoms with Gasteiger partial charge in [0.05, 0.1) is 10.9 Å². The quantitative estimate of drug-likeness (QED) is 0.178. The van der Waals surface area contributed by atoms with E-state index >= 15 is 4.39 Å². The molecule has 0 spiro atoms. The number of hydrogen-bond acceptors (Lipinski definition) is 10. The zero-order valence-corrected chi connectivity index (χ0v) is 28.2. The minimum absolute atomic E-state index is 0.0359. The average Bonchev–Trinajstić information content (AvgIpc) is 3.91. The second-order valence-corrected chi connectivity index (χ2v) is 13.6. The average molecular weight is 683 g/mol. The van der Waals surface area contributed by atoms with E-state index in [1.165, 1.54) is 12.2 Å². The smallest absolute Gasteiger partial charge is 0.319 e. The lowest BCUT2D eigenvalue weighted by Gasteiger charge is -2.31. The lowest BCUT2D eigenvalue weighted by molar-refractivity contribution is -0.124. The number of benzene rings is 2. The number of carbonyl (C=O) groups is 1. The van der Waals surface area contributed by atoms with Crippen molar-refractivity contribution >= 4 is 51.1 Å². The number of hydrogen-bond donors (Lipinski definition) is 0. The van der Waals surface area contributed by atoms with Gasteiger partial charge in [0.25, 0.3) is 5.89 Å². The van der Waals surface area contributed by atoms with Gasteiger partial charge in [0.1, 0.15) is 23.6 Å². The van der Waals surface area contributed by atoms with Crippen molar-refractivity contribution in [3.63, 3.8) is 0 Å². The predicted molar refractivity (Wildman–Crippen MR) is 185 cm³/mol. The van der Waals surface area contributed by atoms with Gasteiger partial charge in [-0.3, -0.25) is 14.7 Å². The first-order valence-corrected chi connectivity index (χ1v) is 17.1. The summed E-state index contributed by atoms with van der Waals surface area (Å²) in [5.74, 6) is 0.538. The second kappa shape index (κ2) is 12.6. The standard InChI is InChI=1S/C36H36ClFN8O3/c1-22-40-28(49-43-22)11-12-29(47)45-18-13-24(20-45)44(2)34-26-19-39-32(25-9-3-7-23-8-4-10-27(37)30(23)25)31(38)33(26)41-35(42-34)48-21-36-14-5-16-46(36)17-6-15-36/h3-4,7-12,19,24H,5-6,13-18,20-21H2,1-2H3/b12-11+/t24-/m1/s1. The van der Waals surface area contributed by atoms with Gasteiger partial charge >= 0.3 is 6.01 Å². The molecule has 252 valence electrons. The Morgan fingerprint density at radius 2 is 1.94 bits per heavy atom. The monoisotopic (exact) mass is 682 g/mol. The van der Waals surface area contributed by atoms with Crippen molar-refractivity contribution in [3.8, 4) is 17.3 Å². The number of likely N-dealkylation sites (N-methyl/N-ethyl adjacent to an activating group) is 1. The Morgan fingerprint density at radius 3 is 2.71 bits per heavy atom. The van der Waals surface area contributed by atoms with Crippen molar-refractivity contribution in [2.75, 3.05) is 44.7 Å². The van der Waals surface area contributed by atoms with Crippen LogP contribution in [0.4, 0.5) is 10.2 Å². The molecule has 0 aliphatic carbocycles. The normalized spacial score (nSPS) is 19.0. The molecule has 3 aliphatic rings. The number of amides is 1. The van der Waals surface area contributed by atoms with Gasteiger partial charge in [0.2, 0.25) is 5.91 Å². The molecule has 8 rings (SSSR count). The summed E-state index contributed by atoms with van der Waals surface area (Å²) in [5, 5.41) is 6.34. The van der Waals surface area contributed by atoms with Crippen molar-refractivity contribution in [2.45, 2.75) is 50.6 Å². The molecule has 11 nitrogen and oxygen atoms in total. The van der Waals surface area contributed by atoms with Crippen molar-refractivity contribution in [3.05, 3.63) is 71.2 Å². The lowest BCUT2D eigenvalue weighted by atomic mass is 9.95. The first-order chi connectivity index (χ1) is 23.8. The molecule has 5 aromatic rings. The molecule has 13 heteroatoms. The molecule has 0 N–H and O–H groups in total. The maximum Gasteiger partial charge on any atom is 0.319 e. The van der Waals surface area contributed by atoms with E-state index in [1.54, 1.807) is 24.1 Å². The van der Waals surface area contributed by atoms with Gasteiger partial charge in [-0.15, -0.1) is 0 Å². The summed E-state index contributed by atoms with van der Waals surface area (Å²) in [6.07, 6.45) is 9.66. The summed E-state index contributed by atoms with van der Waals surface area (Å²) in [7, 11) is 1.91. The van der Waals surface area contributed by atoms with Gasteiger partial charge in [-0.05, 0) is 63.6 Å². The van der Waals surface area contributed by atoms with Crippen LogP contribution in [0.25, 0.3) is 39.0 Å². The fraction of sp³-hybridized carbons (Fsp3) is 0.389. The number of nitrogens with zero attached hydrogens (tertiary/aromatic N) is 8. The van der Waals surface area contributed by atoms with Gasteiger partial charge in [-0.2, -0.15) is 15.0 Å². The molecule has 0 saturated carbocycles. The van der Waals surface area contributed by atoms with Crippen molar-refractivity contribution < 1.29 is 18.4 Å². The highest BCUT2D eigenvalue weighted by Gasteiger charge is 2.45. The number of aromatic nitrogens is 5. The highest BCUT2D eigenvalue weighted by molar-refractivity contribution is 6.36. The summed E-state index contributed by atoms with van der Waals surface area (Å²) in [6.45, 7) is 5.28. The van der Waals surface area contributed by atoms with Crippen LogP contribution in [0.1, 0.15) is 43.8 Å². The van der Waals surface area contributed by atoms with Crippen LogP contribution in [0.3, 0.4) is 0 Å². The lowest BCUT2D eigenvalue weighted by Crippen LogP contribution is -2.43. The van der Waals surface area contributed by atoms with Crippen LogP contribution in [0, 0.1) is 12.7 Å². The summed E-state index contributed by atoms with van der Waals surface area (Å²) >= 11 is 6.63. The third-order valence-electron chi connectivity index (χ3n) is 10.3. The van der Waals surface area contributed by atoms with Gasteiger partial charge in [0, 0.05) is 60.5 Å². The van der Waals surface area contributed by atoms with E-state index in [-0.39, 0.29) is 40.6 Å². The number of pyridine rings is 1. The molecular formula is C36H36ClFN8O3. The SMILES string of the molecule is Cc1noc(/C=C/C(=O)N2CC[C@@H](N(C)c3nc(OCC45CCCN4CCC5)nc4c(F)c(-c5cccc6cccc(Cl)c56)ncc34)C2)n1. The number of rotatable bonds is 8. The van der Waals surface area contributed by atoms with E-state index < -0.39 is 5.82 Å². The molecule has 2 aromatic carbocycles. The van der Waals surface area contributed by atoms with E-state index in [2.05, 4.69) is 25.0 Å². The van der Waals surface area contributed by atoms with Crippen molar-refractivity contribution in [1.82, 2.24) is 34.9 Å². The Morgan fingerprint density at radius 1 is 1.14 bits per heavy atom. The highest BCUT2D eigenvalue weighted by Crippen LogP contribution is 2.40. The first-order valence-electron chi connectivity index (χ1n) is 16.7. The van der Waals surface area contributed by atoms with E-state index in [1.807, 2.05) is 42.3 Å². The van der Waals surface area contributed by atoms with Crippen molar-refractivity contribution in [2.24, 2.45) is 0 Å². The Labute approximate surface area is 287 Å². The molecule has 0 unspecified atom stereocenters. The second-order valence-electron chi connectivity index (χ2n) is 13.2. The molecule has 0 radical (unpaired) electrons. The van der Waals surface area contributed by atoms with Crippen LogP contribution in [-0.4, -0.2) is 92.2 Å². The van der Waals surface area contributed by atoms with Crippen LogP contribution >= 0.6 is 11.6 Å². The molecule has 0 bridgehead atoms. The molecule has 49 heavy (non-hydrogen) atoms. The molecule has 3 saturated heterocycles. The fourth-order valence-corrected chi connectivity index (χ4v) is 8.04. The minimum atomic E-state index is -0.571. The Hall–Kier alpha value is -4.68. The van der Waals surface area contributed by atoms with E-state index in [4.69, 9.17) is 25.8 Å². The summed E-state index contributed by atoms with van der Waals surface area (Å²) in [5.41, 5.74) is 0.823. The zero-order valence-electron chi connectivity index (χ0n) is 27.4. The molecule has 3 fully saturated rings. The minimum Gasteiger partial charge on any atom is -0.461 e. The summed E-state index contributed by atoms with van der Waals surface area (Å²) in [4.78, 5) is 37.6. The van der Waals surface area contributed by atoms with Crippen LogP contribution in [0.5, 0.6) is 6.01 Å². The number of halogens is 2. The summed E-state index contributed by atoms with van der Waals surface area (Å²) < 4.78 is 28.3. The Kier molecular flexibility index (Phi) is 8.15. The van der Waals surface area contributed by atoms with Gasteiger partial charge in [0.15, 0.2) is 11.6 Å². The molecule has 3 aromatic heterocycles. The van der Waals surface area contributed by atoms with Crippen LogP contribution in [0.15, 0.2) is 53.2 Å². The van der Waals surface area contributed by atoms with Crippen molar-refractivity contribution in [1.29, 1.82) is 0 Å². The topological polar surface area (TPSA) is 114 Å². The maximum absolute atomic E-state index is 16.8.